The van der Waals surface area contributed by atoms with Gasteiger partial charge in [0.05, 0.1) is 12.4 Å². The van der Waals surface area contributed by atoms with Crippen molar-refractivity contribution < 1.29 is 4.79 Å². The molecule has 1 aliphatic carbocycles. The third-order valence-electron chi connectivity index (χ3n) is 6.03. The first kappa shape index (κ1) is 19.3. The van der Waals surface area contributed by atoms with Crippen LogP contribution in [0.2, 0.25) is 0 Å². The molecule has 6 rings (SSSR count). The van der Waals surface area contributed by atoms with E-state index < -0.39 is 0 Å². The van der Waals surface area contributed by atoms with Gasteiger partial charge in [0.2, 0.25) is 11.9 Å². The van der Waals surface area contributed by atoms with Crippen LogP contribution in [-0.2, 0) is 17.6 Å². The topological polar surface area (TPSA) is 87.1 Å². The minimum absolute atomic E-state index is 0.0530. The van der Waals surface area contributed by atoms with Gasteiger partial charge in [0.15, 0.2) is 5.16 Å². The molecular formula is C21H23N7OS2. The molecule has 1 unspecified atom stereocenters. The molecule has 31 heavy (non-hydrogen) atoms. The molecule has 3 N–H and O–H groups in total. The Balaban J connectivity index is 1.31. The second-order valence-electron chi connectivity index (χ2n) is 8.20. The van der Waals surface area contributed by atoms with Crippen molar-refractivity contribution in [2.45, 2.75) is 37.5 Å². The van der Waals surface area contributed by atoms with Crippen LogP contribution in [0.1, 0.15) is 35.5 Å². The van der Waals surface area contributed by atoms with Gasteiger partial charge < -0.3 is 5.32 Å². The number of carbonyl (C=O) groups excluding carboxylic acids is 1. The predicted octanol–water partition coefficient (Wildman–Crippen LogP) is 3.07. The van der Waals surface area contributed by atoms with E-state index in [1.807, 2.05) is 41.7 Å². The summed E-state index contributed by atoms with van der Waals surface area (Å²) in [7, 11) is 0. The maximum atomic E-state index is 12.5. The number of amides is 1. The molecule has 2 aliphatic heterocycles. The fourth-order valence-electron chi connectivity index (χ4n) is 4.57. The van der Waals surface area contributed by atoms with E-state index in [0.717, 1.165) is 29.6 Å². The number of nitrogens with zero attached hydrogens (tertiary/aromatic N) is 4. The number of hydrogen-bond acceptors (Lipinski definition) is 8. The normalized spacial score (nSPS) is 21.3. The Morgan fingerprint density at radius 2 is 2.19 bits per heavy atom. The number of aromatic nitrogens is 3. The molecule has 1 saturated heterocycles. The molecule has 2 atom stereocenters. The van der Waals surface area contributed by atoms with Gasteiger partial charge >= 0.3 is 0 Å². The lowest BCUT2D eigenvalue weighted by Crippen LogP contribution is -2.39. The number of benzene rings is 1. The zero-order valence-corrected chi connectivity index (χ0v) is 18.7. The highest BCUT2D eigenvalue weighted by atomic mass is 32.2. The number of hydrogen-bond donors (Lipinski definition) is 3. The smallest absolute Gasteiger partial charge is 0.249 e. The molecule has 1 aromatic carbocycles. The van der Waals surface area contributed by atoms with Gasteiger partial charge in [-0.15, -0.1) is 21.5 Å². The molecular weight excluding hydrogens is 430 g/mol. The van der Waals surface area contributed by atoms with Crippen molar-refractivity contribution in [3.63, 3.8) is 0 Å². The van der Waals surface area contributed by atoms with E-state index in [0.29, 0.717) is 12.6 Å². The molecule has 0 bridgehead atoms. The van der Waals surface area contributed by atoms with Gasteiger partial charge in [-0.2, -0.15) is 0 Å². The number of hydrazine groups is 1. The van der Waals surface area contributed by atoms with Crippen LogP contribution in [0.4, 0.5) is 11.6 Å². The van der Waals surface area contributed by atoms with Crippen molar-refractivity contribution >= 4 is 40.6 Å². The van der Waals surface area contributed by atoms with Crippen molar-refractivity contribution in [3.05, 3.63) is 46.3 Å². The number of anilines is 2. The third-order valence-corrected chi connectivity index (χ3v) is 8.22. The molecule has 2 aromatic heterocycles. The molecule has 0 radical (unpaired) electrons. The Morgan fingerprint density at radius 1 is 1.32 bits per heavy atom. The van der Waals surface area contributed by atoms with Crippen LogP contribution >= 0.6 is 23.1 Å². The molecule has 3 aliphatic rings. The zero-order chi connectivity index (χ0) is 20.9. The number of fused-ring (bicyclic) bond motifs is 8. The van der Waals surface area contributed by atoms with Crippen LogP contribution in [0, 0.1) is 5.92 Å². The van der Waals surface area contributed by atoms with Crippen LogP contribution in [0.5, 0.6) is 0 Å². The van der Waals surface area contributed by atoms with Crippen LogP contribution in [0.3, 0.4) is 0 Å². The number of rotatable bonds is 4. The number of thioether (sulfide) groups is 1. The fraction of sp³-hybridized carbons (Fsp3) is 0.381. The lowest BCUT2D eigenvalue weighted by Gasteiger charge is -2.31. The Morgan fingerprint density at radius 3 is 3.06 bits per heavy atom. The van der Waals surface area contributed by atoms with E-state index >= 15 is 0 Å². The predicted molar refractivity (Wildman–Crippen MR) is 123 cm³/mol. The average Bonchev–Trinajstić information content (AvgIpc) is 3.48. The van der Waals surface area contributed by atoms with Crippen molar-refractivity contribution in [1.82, 2.24) is 25.5 Å². The summed E-state index contributed by atoms with van der Waals surface area (Å²) in [6, 6.07) is 9.52. The van der Waals surface area contributed by atoms with Gasteiger partial charge in [0.1, 0.15) is 11.2 Å². The molecule has 0 spiro atoms. The highest BCUT2D eigenvalue weighted by Gasteiger charge is 2.42. The fourth-order valence-corrected chi connectivity index (χ4v) is 6.91. The monoisotopic (exact) mass is 453 g/mol. The first-order valence-corrected chi connectivity index (χ1v) is 12.3. The molecule has 160 valence electrons. The summed E-state index contributed by atoms with van der Waals surface area (Å²) in [5.74, 6) is 1.72. The summed E-state index contributed by atoms with van der Waals surface area (Å²) < 4.78 is 2.12. The van der Waals surface area contributed by atoms with Crippen LogP contribution in [-0.4, -0.2) is 33.1 Å². The van der Waals surface area contributed by atoms with Gasteiger partial charge in [-0.05, 0) is 42.9 Å². The minimum atomic E-state index is -0.0530. The van der Waals surface area contributed by atoms with Gasteiger partial charge in [0.25, 0.3) is 0 Å². The van der Waals surface area contributed by atoms with Crippen molar-refractivity contribution in [2.75, 3.05) is 22.7 Å². The Kier molecular flexibility index (Phi) is 4.75. The van der Waals surface area contributed by atoms with Crippen molar-refractivity contribution in [2.24, 2.45) is 5.92 Å². The summed E-state index contributed by atoms with van der Waals surface area (Å²) in [4.78, 5) is 14.0. The lowest BCUT2D eigenvalue weighted by atomic mass is 9.87. The molecule has 8 nitrogen and oxygen atoms in total. The van der Waals surface area contributed by atoms with E-state index in [2.05, 4.69) is 42.8 Å². The summed E-state index contributed by atoms with van der Waals surface area (Å²) in [5, 5.41) is 19.4. The molecule has 3 aromatic rings. The maximum absolute atomic E-state index is 12.5. The molecule has 4 heterocycles. The van der Waals surface area contributed by atoms with Crippen LogP contribution in [0.15, 0.2) is 35.5 Å². The molecule has 10 heteroatoms. The van der Waals surface area contributed by atoms with Crippen molar-refractivity contribution in [1.29, 1.82) is 0 Å². The van der Waals surface area contributed by atoms with E-state index in [9.17, 15) is 4.79 Å². The van der Waals surface area contributed by atoms with Crippen LogP contribution < -0.4 is 21.1 Å². The van der Waals surface area contributed by atoms with E-state index in [1.165, 1.54) is 39.2 Å². The minimum Gasteiger partial charge on any atom is -0.325 e. The second kappa shape index (κ2) is 7.63. The third kappa shape index (κ3) is 3.25. The maximum Gasteiger partial charge on any atom is 0.249 e. The largest absolute Gasteiger partial charge is 0.325 e. The summed E-state index contributed by atoms with van der Waals surface area (Å²) in [5.41, 5.74) is 7.02. The van der Waals surface area contributed by atoms with E-state index in [1.54, 1.807) is 0 Å². The van der Waals surface area contributed by atoms with Gasteiger partial charge in [-0.25, -0.2) is 9.99 Å². The van der Waals surface area contributed by atoms with E-state index in [-0.39, 0.29) is 17.8 Å². The Labute approximate surface area is 188 Å². The lowest BCUT2D eigenvalue weighted by molar-refractivity contribution is -0.113. The highest BCUT2D eigenvalue weighted by Crippen LogP contribution is 2.48. The quantitative estimate of drug-likeness (QED) is 0.524. The van der Waals surface area contributed by atoms with Gasteiger partial charge in [0, 0.05) is 16.1 Å². The number of carbonyl (C=O) groups is 1. The first-order valence-electron chi connectivity index (χ1n) is 10.5. The summed E-state index contributed by atoms with van der Waals surface area (Å²) >= 11 is 3.29. The molecule has 1 fully saturated rings. The standard InChI is InChI=1S/C21H23N7OS2/c1-12-7-8-14-15(9-12)31-19-17(14)18-22-11-23-28(18)20-25-26-21(27(19)20)30-10-16(29)24-13-5-3-2-4-6-13/h2-6,12,18,22-23H,7-11H2,1H3,(H,24,29)/t12-,18?/m0/s1. The van der Waals surface area contributed by atoms with Crippen LogP contribution in [0.25, 0.3) is 5.00 Å². The first-order chi connectivity index (χ1) is 15.2. The van der Waals surface area contributed by atoms with Gasteiger partial charge in [-0.1, -0.05) is 36.9 Å². The SMILES string of the molecule is C[C@H]1CCc2c(sc3c2C2NCNN2c2nnc(SCC(=O)Nc4ccccc4)n2-3)C1. The molecule has 1 amide bonds. The average molecular weight is 454 g/mol. The van der Waals surface area contributed by atoms with E-state index in [4.69, 9.17) is 0 Å². The molecule has 0 saturated carbocycles. The van der Waals surface area contributed by atoms with Crippen molar-refractivity contribution in [3.8, 4) is 5.00 Å². The number of nitrogens with one attached hydrogen (secondary N) is 3. The Bertz CT molecular complexity index is 1140. The zero-order valence-electron chi connectivity index (χ0n) is 17.1. The number of thiophene rings is 1. The highest BCUT2D eigenvalue weighted by molar-refractivity contribution is 7.99. The second-order valence-corrected chi connectivity index (χ2v) is 10.2. The summed E-state index contributed by atoms with van der Waals surface area (Å²) in [6.45, 7) is 3.03. The number of para-hydroxylation sites is 1. The van der Waals surface area contributed by atoms with Gasteiger partial charge in [-0.3, -0.25) is 15.1 Å². The summed E-state index contributed by atoms with van der Waals surface area (Å²) in [6.07, 6.45) is 3.56. The Hall–Kier alpha value is -2.40.